The summed E-state index contributed by atoms with van der Waals surface area (Å²) in [7, 11) is 0. The summed E-state index contributed by atoms with van der Waals surface area (Å²) in [6.07, 6.45) is 23.7. The third-order valence-electron chi connectivity index (χ3n) is 11.4. The van der Waals surface area contributed by atoms with E-state index in [2.05, 4.69) is 19.2 Å². The van der Waals surface area contributed by atoms with E-state index in [4.69, 9.17) is 9.47 Å². The van der Waals surface area contributed by atoms with Gasteiger partial charge in [-0.15, -0.1) is 0 Å². The SMILES string of the molecule is CCCCCCCCCCCCCCCCCCCCCCCCCC(O)C(=O)NC(COC1OC(CO)C(O)C(O)C1O)C(O)C(O)CCCCCCC. The van der Waals surface area contributed by atoms with Crippen LogP contribution in [0.3, 0.4) is 0 Å². The van der Waals surface area contributed by atoms with Crippen molar-refractivity contribution in [1.82, 2.24) is 5.32 Å². The van der Waals surface area contributed by atoms with Gasteiger partial charge in [-0.1, -0.05) is 194 Å². The first-order chi connectivity index (χ1) is 26.7. The van der Waals surface area contributed by atoms with Crippen molar-refractivity contribution in [2.75, 3.05) is 13.2 Å². The van der Waals surface area contributed by atoms with Gasteiger partial charge in [0.15, 0.2) is 6.29 Å². The first-order valence-corrected chi connectivity index (χ1v) is 22.9. The van der Waals surface area contributed by atoms with Crippen LogP contribution in [0.4, 0.5) is 0 Å². The van der Waals surface area contributed by atoms with Gasteiger partial charge >= 0.3 is 0 Å². The lowest BCUT2D eigenvalue weighted by molar-refractivity contribution is -0.303. The number of unbranched alkanes of at least 4 members (excludes halogenated alkanes) is 26. The Kier molecular flexibility index (Phi) is 33.3. The third kappa shape index (κ3) is 25.3. The lowest BCUT2D eigenvalue weighted by Gasteiger charge is -2.40. The summed E-state index contributed by atoms with van der Waals surface area (Å²) >= 11 is 0. The third-order valence-corrected chi connectivity index (χ3v) is 11.4. The molecule has 328 valence electrons. The van der Waals surface area contributed by atoms with Crippen LogP contribution < -0.4 is 5.32 Å². The van der Waals surface area contributed by atoms with E-state index in [1.165, 1.54) is 122 Å². The van der Waals surface area contributed by atoms with Crippen molar-refractivity contribution >= 4 is 5.91 Å². The molecule has 0 radical (unpaired) electrons. The second kappa shape index (κ2) is 35.1. The van der Waals surface area contributed by atoms with Crippen LogP contribution in [0.15, 0.2) is 0 Å². The molecule has 0 bridgehead atoms. The van der Waals surface area contributed by atoms with Crippen molar-refractivity contribution in [1.29, 1.82) is 0 Å². The number of rotatable bonds is 38. The highest BCUT2D eigenvalue weighted by Crippen LogP contribution is 2.23. The molecule has 55 heavy (non-hydrogen) atoms. The maximum Gasteiger partial charge on any atom is 0.249 e. The van der Waals surface area contributed by atoms with Crippen molar-refractivity contribution in [2.45, 2.75) is 262 Å². The number of hydrogen-bond acceptors (Lipinski definition) is 10. The highest BCUT2D eigenvalue weighted by Gasteiger charge is 2.44. The number of carbonyl (C=O) groups is 1. The van der Waals surface area contributed by atoms with Gasteiger partial charge in [0, 0.05) is 0 Å². The molecule has 1 heterocycles. The Balaban J connectivity index is 2.24. The minimum Gasteiger partial charge on any atom is -0.394 e. The summed E-state index contributed by atoms with van der Waals surface area (Å²) in [6, 6.07) is -1.16. The number of aliphatic hydroxyl groups is 7. The quantitative estimate of drug-likeness (QED) is 0.0300. The number of amides is 1. The van der Waals surface area contributed by atoms with E-state index in [1.54, 1.807) is 0 Å². The first kappa shape index (κ1) is 52.1. The van der Waals surface area contributed by atoms with Gasteiger partial charge in [-0.05, 0) is 12.8 Å². The van der Waals surface area contributed by atoms with Gasteiger partial charge in [0.1, 0.15) is 36.6 Å². The summed E-state index contributed by atoms with van der Waals surface area (Å²) < 4.78 is 11.0. The fourth-order valence-electron chi connectivity index (χ4n) is 7.56. The Morgan fingerprint density at radius 3 is 1.35 bits per heavy atom. The van der Waals surface area contributed by atoms with E-state index >= 15 is 0 Å². The normalized spacial score (nSPS) is 22.4. The number of nitrogens with one attached hydrogen (secondary N) is 1. The standard InChI is InChI=1S/C44H87NO10/c1-3-5-7-9-10-11-12-13-14-15-16-17-18-19-20-21-22-23-24-25-26-28-30-32-37(48)43(53)45-35(39(49)36(47)31-29-27-8-6-4-2)34-54-44-42(52)41(51)40(50)38(33-46)55-44/h35-42,44,46-52H,3-34H2,1-2H3,(H,45,53). The summed E-state index contributed by atoms with van der Waals surface area (Å²) in [5, 5.41) is 75.0. The molecule has 9 atom stereocenters. The summed E-state index contributed by atoms with van der Waals surface area (Å²) in [5.74, 6) is -0.699. The zero-order chi connectivity index (χ0) is 40.5. The molecule has 1 aliphatic heterocycles. The average Bonchev–Trinajstić information content (AvgIpc) is 3.18. The molecule has 0 saturated carbocycles. The predicted octanol–water partition coefficient (Wildman–Crippen LogP) is 7.11. The Bertz CT molecular complexity index is 866. The van der Waals surface area contributed by atoms with E-state index < -0.39 is 74.2 Å². The summed E-state index contributed by atoms with van der Waals surface area (Å²) in [4.78, 5) is 13.0. The van der Waals surface area contributed by atoms with Gasteiger partial charge in [0.05, 0.1) is 25.4 Å². The minimum atomic E-state index is -1.65. The van der Waals surface area contributed by atoms with E-state index in [-0.39, 0.29) is 6.42 Å². The molecule has 8 N–H and O–H groups in total. The molecule has 1 rings (SSSR count). The Morgan fingerprint density at radius 2 is 0.945 bits per heavy atom. The van der Waals surface area contributed by atoms with Crippen LogP contribution in [-0.4, -0.2) is 110 Å². The second-order valence-electron chi connectivity index (χ2n) is 16.5. The molecule has 1 amide bonds. The van der Waals surface area contributed by atoms with Crippen LogP contribution in [0.5, 0.6) is 0 Å². The van der Waals surface area contributed by atoms with Crippen molar-refractivity contribution in [2.24, 2.45) is 0 Å². The molecule has 0 aromatic rings. The largest absolute Gasteiger partial charge is 0.394 e. The van der Waals surface area contributed by atoms with Crippen LogP contribution in [-0.2, 0) is 14.3 Å². The number of hydrogen-bond donors (Lipinski definition) is 8. The summed E-state index contributed by atoms with van der Waals surface area (Å²) in [5.41, 5.74) is 0. The van der Waals surface area contributed by atoms with E-state index in [9.17, 15) is 40.5 Å². The molecular weight excluding hydrogens is 702 g/mol. The van der Waals surface area contributed by atoms with Gasteiger partial charge < -0.3 is 50.5 Å². The van der Waals surface area contributed by atoms with Gasteiger partial charge in [-0.2, -0.15) is 0 Å². The van der Waals surface area contributed by atoms with Crippen LogP contribution in [0, 0.1) is 0 Å². The number of carbonyl (C=O) groups excluding carboxylic acids is 1. The van der Waals surface area contributed by atoms with Crippen LogP contribution in [0.1, 0.15) is 206 Å². The molecule has 1 fully saturated rings. The lowest BCUT2D eigenvalue weighted by Crippen LogP contribution is -2.60. The lowest BCUT2D eigenvalue weighted by atomic mass is 9.98. The number of ether oxygens (including phenoxy) is 2. The minimum absolute atomic E-state index is 0.265. The average molecular weight is 790 g/mol. The Labute approximate surface area is 335 Å². The summed E-state index contributed by atoms with van der Waals surface area (Å²) in [6.45, 7) is 3.34. The monoisotopic (exact) mass is 790 g/mol. The van der Waals surface area contributed by atoms with Crippen molar-refractivity contribution in [3.63, 3.8) is 0 Å². The predicted molar refractivity (Wildman–Crippen MR) is 220 cm³/mol. The zero-order valence-electron chi connectivity index (χ0n) is 35.2. The molecule has 0 aliphatic carbocycles. The molecular formula is C44H87NO10. The van der Waals surface area contributed by atoms with Gasteiger partial charge in [0.2, 0.25) is 5.91 Å². The van der Waals surface area contributed by atoms with E-state index in [1.807, 2.05) is 0 Å². The second-order valence-corrected chi connectivity index (χ2v) is 16.5. The van der Waals surface area contributed by atoms with E-state index in [0.29, 0.717) is 19.3 Å². The van der Waals surface area contributed by atoms with Gasteiger partial charge in [-0.25, -0.2) is 0 Å². The van der Waals surface area contributed by atoms with Gasteiger partial charge in [-0.3, -0.25) is 4.79 Å². The van der Waals surface area contributed by atoms with E-state index in [0.717, 1.165) is 44.9 Å². The fourth-order valence-corrected chi connectivity index (χ4v) is 7.56. The Morgan fingerprint density at radius 1 is 0.564 bits per heavy atom. The maximum atomic E-state index is 13.0. The fraction of sp³-hybridized carbons (Fsp3) is 0.977. The van der Waals surface area contributed by atoms with Crippen LogP contribution >= 0.6 is 0 Å². The number of aliphatic hydroxyl groups excluding tert-OH is 7. The Hall–Kier alpha value is -0.890. The molecule has 0 aromatic heterocycles. The maximum absolute atomic E-state index is 13.0. The van der Waals surface area contributed by atoms with Crippen molar-refractivity contribution in [3.05, 3.63) is 0 Å². The highest BCUT2D eigenvalue weighted by molar-refractivity contribution is 5.80. The molecule has 11 nitrogen and oxygen atoms in total. The van der Waals surface area contributed by atoms with Crippen molar-refractivity contribution in [3.8, 4) is 0 Å². The molecule has 11 heteroatoms. The molecule has 1 aliphatic rings. The first-order valence-electron chi connectivity index (χ1n) is 22.9. The van der Waals surface area contributed by atoms with Gasteiger partial charge in [0.25, 0.3) is 0 Å². The highest BCUT2D eigenvalue weighted by atomic mass is 16.7. The zero-order valence-corrected chi connectivity index (χ0v) is 35.2. The molecule has 9 unspecified atom stereocenters. The van der Waals surface area contributed by atoms with Crippen molar-refractivity contribution < 1.29 is 50.0 Å². The molecule has 0 spiro atoms. The molecule has 0 aromatic carbocycles. The smallest absolute Gasteiger partial charge is 0.249 e. The van der Waals surface area contributed by atoms with Crippen LogP contribution in [0.2, 0.25) is 0 Å². The molecule has 1 saturated heterocycles. The van der Waals surface area contributed by atoms with Crippen LogP contribution in [0.25, 0.3) is 0 Å². The topological polar surface area (TPSA) is 189 Å².